The molecule has 0 bridgehead atoms. The van der Waals surface area contributed by atoms with Gasteiger partial charge in [-0.3, -0.25) is 20.4 Å². The number of ether oxygens (including phenoxy) is 4. The fraction of sp³-hybridized carbons (Fsp3) is 0.263. The van der Waals surface area contributed by atoms with Gasteiger partial charge in [0.2, 0.25) is 5.75 Å². The topological polar surface area (TPSA) is 95.1 Å². The van der Waals surface area contributed by atoms with E-state index in [1.54, 1.807) is 24.3 Å². The first-order valence-corrected chi connectivity index (χ1v) is 8.43. The zero-order valence-electron chi connectivity index (χ0n) is 15.0. The molecule has 0 unspecified atom stereocenters. The van der Waals surface area contributed by atoms with Crippen molar-refractivity contribution in [1.29, 1.82) is 0 Å². The van der Waals surface area contributed by atoms with Crippen LogP contribution in [0.25, 0.3) is 0 Å². The van der Waals surface area contributed by atoms with Crippen LogP contribution in [0.15, 0.2) is 36.4 Å². The lowest BCUT2D eigenvalue weighted by Gasteiger charge is -2.21. The van der Waals surface area contributed by atoms with E-state index >= 15 is 0 Å². The number of carbonyl (C=O) groups excluding carboxylic acids is 2. The molecule has 0 aromatic heterocycles. The summed E-state index contributed by atoms with van der Waals surface area (Å²) in [6.45, 7) is 3.21. The van der Waals surface area contributed by atoms with Gasteiger partial charge in [0.1, 0.15) is 19.0 Å². The van der Waals surface area contributed by atoms with Crippen LogP contribution in [0, 0.1) is 0 Å². The van der Waals surface area contributed by atoms with Gasteiger partial charge in [-0.05, 0) is 43.3 Å². The number of hydrogen-bond acceptors (Lipinski definition) is 6. The molecule has 0 saturated carbocycles. The highest BCUT2D eigenvalue weighted by atomic mass is 16.6. The zero-order valence-corrected chi connectivity index (χ0v) is 15.0. The summed E-state index contributed by atoms with van der Waals surface area (Å²) in [6.07, 6.45) is 0. The Hall–Kier alpha value is -3.42. The molecule has 1 aliphatic heterocycles. The first kappa shape index (κ1) is 18.4. The molecule has 1 aliphatic rings. The van der Waals surface area contributed by atoms with Crippen LogP contribution in [0.4, 0.5) is 0 Å². The Morgan fingerprint density at radius 1 is 1.00 bits per heavy atom. The molecule has 142 valence electrons. The fourth-order valence-corrected chi connectivity index (χ4v) is 2.53. The van der Waals surface area contributed by atoms with Crippen LogP contribution in [-0.4, -0.2) is 38.7 Å². The van der Waals surface area contributed by atoms with Crippen LogP contribution in [0.3, 0.4) is 0 Å². The van der Waals surface area contributed by atoms with E-state index in [9.17, 15) is 9.59 Å². The van der Waals surface area contributed by atoms with Crippen molar-refractivity contribution in [1.82, 2.24) is 10.9 Å². The first-order valence-electron chi connectivity index (χ1n) is 8.43. The quantitative estimate of drug-likeness (QED) is 0.779. The lowest BCUT2D eigenvalue weighted by atomic mass is 10.1. The molecule has 2 aromatic carbocycles. The second-order valence-electron chi connectivity index (χ2n) is 5.57. The van der Waals surface area contributed by atoms with Crippen molar-refractivity contribution in [3.8, 4) is 23.0 Å². The van der Waals surface area contributed by atoms with Crippen molar-refractivity contribution in [3.63, 3.8) is 0 Å². The maximum absolute atomic E-state index is 12.4. The Bertz CT molecular complexity index is 818. The van der Waals surface area contributed by atoms with E-state index in [1.165, 1.54) is 19.2 Å². The summed E-state index contributed by atoms with van der Waals surface area (Å²) >= 11 is 0. The van der Waals surface area contributed by atoms with Gasteiger partial charge in [0.25, 0.3) is 11.8 Å². The van der Waals surface area contributed by atoms with Gasteiger partial charge >= 0.3 is 0 Å². The standard InChI is InChI=1S/C19H20N2O6/c1-3-25-14-6-4-12(5-7-14)18(22)20-21-19(23)13-10-15(24-2)17-16(11-13)26-8-9-27-17/h4-7,10-11H,3,8-9H2,1-2H3,(H,20,22)(H,21,23). The average molecular weight is 372 g/mol. The fourth-order valence-electron chi connectivity index (χ4n) is 2.53. The predicted octanol–water partition coefficient (Wildman–Crippen LogP) is 1.94. The van der Waals surface area contributed by atoms with Gasteiger partial charge in [-0.15, -0.1) is 0 Å². The van der Waals surface area contributed by atoms with E-state index in [0.29, 0.717) is 48.4 Å². The summed E-state index contributed by atoms with van der Waals surface area (Å²) in [5.74, 6) is 0.972. The number of fused-ring (bicyclic) bond motifs is 1. The molecule has 0 atom stereocenters. The molecule has 27 heavy (non-hydrogen) atoms. The van der Waals surface area contributed by atoms with E-state index in [1.807, 2.05) is 6.92 Å². The Morgan fingerprint density at radius 3 is 2.33 bits per heavy atom. The number of nitrogens with one attached hydrogen (secondary N) is 2. The molecule has 0 aliphatic carbocycles. The number of amides is 2. The van der Waals surface area contributed by atoms with Gasteiger partial charge in [-0.2, -0.15) is 0 Å². The normalized spacial score (nSPS) is 12.1. The number of benzene rings is 2. The molecule has 0 saturated heterocycles. The van der Waals surface area contributed by atoms with E-state index in [-0.39, 0.29) is 5.56 Å². The molecule has 3 rings (SSSR count). The number of carbonyl (C=O) groups is 2. The molecule has 0 fully saturated rings. The maximum atomic E-state index is 12.4. The van der Waals surface area contributed by atoms with Crippen molar-refractivity contribution in [3.05, 3.63) is 47.5 Å². The van der Waals surface area contributed by atoms with Crippen LogP contribution in [-0.2, 0) is 0 Å². The highest BCUT2D eigenvalue weighted by molar-refractivity contribution is 5.99. The second kappa shape index (κ2) is 8.31. The summed E-state index contributed by atoms with van der Waals surface area (Å²) in [5.41, 5.74) is 5.40. The predicted molar refractivity (Wildman–Crippen MR) is 96.5 cm³/mol. The minimum absolute atomic E-state index is 0.267. The minimum Gasteiger partial charge on any atom is -0.494 e. The molecule has 0 spiro atoms. The number of methoxy groups -OCH3 is 1. The van der Waals surface area contributed by atoms with Gasteiger partial charge < -0.3 is 18.9 Å². The molecular formula is C19H20N2O6. The third kappa shape index (κ3) is 4.22. The molecule has 2 aromatic rings. The van der Waals surface area contributed by atoms with Crippen molar-refractivity contribution in [2.75, 3.05) is 26.9 Å². The highest BCUT2D eigenvalue weighted by Crippen LogP contribution is 2.40. The van der Waals surface area contributed by atoms with Crippen molar-refractivity contribution in [2.45, 2.75) is 6.92 Å². The molecule has 2 N–H and O–H groups in total. The summed E-state index contributed by atoms with van der Waals surface area (Å²) < 4.78 is 21.6. The molecule has 8 nitrogen and oxygen atoms in total. The van der Waals surface area contributed by atoms with Gasteiger partial charge in [0.15, 0.2) is 11.5 Å². The molecule has 2 amide bonds. The van der Waals surface area contributed by atoms with Gasteiger partial charge in [0.05, 0.1) is 13.7 Å². The van der Waals surface area contributed by atoms with Gasteiger partial charge in [0, 0.05) is 11.1 Å². The van der Waals surface area contributed by atoms with Crippen LogP contribution >= 0.6 is 0 Å². The largest absolute Gasteiger partial charge is 0.494 e. The maximum Gasteiger partial charge on any atom is 0.269 e. The number of hydrogen-bond donors (Lipinski definition) is 2. The van der Waals surface area contributed by atoms with E-state index in [2.05, 4.69) is 10.9 Å². The van der Waals surface area contributed by atoms with Crippen molar-refractivity contribution < 1.29 is 28.5 Å². The van der Waals surface area contributed by atoms with Crippen LogP contribution in [0.1, 0.15) is 27.6 Å². The molecule has 1 heterocycles. The Morgan fingerprint density at radius 2 is 1.67 bits per heavy atom. The Balaban J connectivity index is 1.66. The van der Waals surface area contributed by atoms with Crippen molar-refractivity contribution >= 4 is 11.8 Å². The first-order chi connectivity index (χ1) is 13.1. The van der Waals surface area contributed by atoms with Crippen LogP contribution < -0.4 is 29.8 Å². The lowest BCUT2D eigenvalue weighted by Crippen LogP contribution is -2.41. The van der Waals surface area contributed by atoms with E-state index in [0.717, 1.165) is 0 Å². The molecule has 8 heteroatoms. The number of hydrazine groups is 1. The SMILES string of the molecule is CCOc1ccc(C(=O)NNC(=O)c2cc(OC)c3c(c2)OCCO3)cc1. The average Bonchev–Trinajstić information content (AvgIpc) is 2.71. The second-order valence-corrected chi connectivity index (χ2v) is 5.57. The third-order valence-corrected chi connectivity index (χ3v) is 3.81. The smallest absolute Gasteiger partial charge is 0.269 e. The molecular weight excluding hydrogens is 352 g/mol. The monoisotopic (exact) mass is 372 g/mol. The van der Waals surface area contributed by atoms with Crippen LogP contribution in [0.5, 0.6) is 23.0 Å². The van der Waals surface area contributed by atoms with E-state index in [4.69, 9.17) is 18.9 Å². The highest BCUT2D eigenvalue weighted by Gasteiger charge is 2.21. The third-order valence-electron chi connectivity index (χ3n) is 3.81. The Labute approximate surface area is 156 Å². The van der Waals surface area contributed by atoms with Gasteiger partial charge in [-0.25, -0.2) is 0 Å². The molecule has 0 radical (unpaired) electrons. The minimum atomic E-state index is -0.510. The zero-order chi connectivity index (χ0) is 19.2. The Kier molecular flexibility index (Phi) is 5.65. The summed E-state index contributed by atoms with van der Waals surface area (Å²) in [5, 5.41) is 0. The van der Waals surface area contributed by atoms with Crippen LogP contribution in [0.2, 0.25) is 0 Å². The number of rotatable bonds is 5. The lowest BCUT2D eigenvalue weighted by molar-refractivity contribution is 0.0845. The van der Waals surface area contributed by atoms with E-state index < -0.39 is 11.8 Å². The van der Waals surface area contributed by atoms with Gasteiger partial charge in [-0.1, -0.05) is 0 Å². The summed E-state index contributed by atoms with van der Waals surface area (Å²) in [4.78, 5) is 24.5. The van der Waals surface area contributed by atoms with Crippen molar-refractivity contribution in [2.24, 2.45) is 0 Å². The summed E-state index contributed by atoms with van der Waals surface area (Å²) in [7, 11) is 1.48. The summed E-state index contributed by atoms with van der Waals surface area (Å²) in [6, 6.07) is 9.65.